The zero-order valence-electron chi connectivity index (χ0n) is 16.4. The number of nitrogens with two attached hydrogens (primary N) is 1. The monoisotopic (exact) mass is 430 g/mol. The Kier molecular flexibility index (Phi) is 5.74. The van der Waals surface area contributed by atoms with Crippen molar-refractivity contribution in [3.63, 3.8) is 0 Å². The molecule has 0 bridgehead atoms. The van der Waals surface area contributed by atoms with Gasteiger partial charge in [0.25, 0.3) is 0 Å². The summed E-state index contributed by atoms with van der Waals surface area (Å²) in [6, 6.07) is 6.48. The van der Waals surface area contributed by atoms with Crippen molar-refractivity contribution in [2.45, 2.75) is 37.9 Å². The molecular formula is C21H23FN4OS2. The molecule has 5 nitrogen and oxygen atoms in total. The average molecular weight is 431 g/mol. The van der Waals surface area contributed by atoms with Gasteiger partial charge < -0.3 is 10.6 Å². The van der Waals surface area contributed by atoms with E-state index < -0.39 is 0 Å². The Hall–Kier alpha value is -2.19. The largest absolute Gasteiger partial charge is 0.383 e. The van der Waals surface area contributed by atoms with Crippen molar-refractivity contribution < 1.29 is 9.18 Å². The maximum absolute atomic E-state index is 13.8. The van der Waals surface area contributed by atoms with Gasteiger partial charge in [0, 0.05) is 24.0 Å². The number of aryl methyl sites for hydroxylation is 1. The minimum atomic E-state index is -0.308. The minimum Gasteiger partial charge on any atom is -0.383 e. The third-order valence-corrected chi connectivity index (χ3v) is 7.26. The smallest absolute Gasteiger partial charge is 0.233 e. The second-order valence-corrected chi connectivity index (χ2v) is 9.58. The lowest BCUT2D eigenvalue weighted by Gasteiger charge is -2.18. The van der Waals surface area contributed by atoms with Crippen LogP contribution in [0.3, 0.4) is 0 Å². The number of carbonyl (C=O) groups excluding carboxylic acids is 1. The number of hydrogen-bond donors (Lipinski definition) is 1. The van der Waals surface area contributed by atoms with E-state index in [1.807, 2.05) is 0 Å². The number of nitrogen functional groups attached to an aromatic ring is 1. The predicted molar refractivity (Wildman–Crippen MR) is 117 cm³/mol. The molecule has 4 rings (SSSR count). The quantitative estimate of drug-likeness (QED) is 0.483. The molecule has 0 saturated carbocycles. The van der Waals surface area contributed by atoms with Gasteiger partial charge >= 0.3 is 0 Å². The number of aromatic nitrogens is 2. The number of halogens is 1. The highest BCUT2D eigenvalue weighted by Crippen LogP contribution is 2.39. The first-order valence-corrected chi connectivity index (χ1v) is 11.4. The number of benzene rings is 1. The fraction of sp³-hybridized carbons (Fsp3) is 0.381. The number of thiophene rings is 1. The van der Waals surface area contributed by atoms with Gasteiger partial charge in [-0.3, -0.25) is 4.79 Å². The SMILES string of the molecule is CC1CCc2c(sc3nc(SCC(=O)N(C)Cc4ccccc4F)nc(N)c23)C1. The van der Waals surface area contributed by atoms with Crippen molar-refractivity contribution >= 4 is 45.0 Å². The van der Waals surface area contributed by atoms with Crippen molar-refractivity contribution in [1.29, 1.82) is 0 Å². The van der Waals surface area contributed by atoms with Crippen molar-refractivity contribution in [1.82, 2.24) is 14.9 Å². The zero-order valence-corrected chi connectivity index (χ0v) is 18.1. The van der Waals surface area contributed by atoms with E-state index in [0.717, 1.165) is 29.5 Å². The summed E-state index contributed by atoms with van der Waals surface area (Å²) in [6.07, 6.45) is 3.26. The van der Waals surface area contributed by atoms with Gasteiger partial charge in [-0.2, -0.15) is 0 Å². The first-order chi connectivity index (χ1) is 13.9. The van der Waals surface area contributed by atoms with Crippen LogP contribution in [0.4, 0.5) is 10.2 Å². The fourth-order valence-corrected chi connectivity index (χ4v) is 5.86. The molecule has 0 fully saturated rings. The van der Waals surface area contributed by atoms with Gasteiger partial charge in [-0.15, -0.1) is 11.3 Å². The Morgan fingerprint density at radius 3 is 2.97 bits per heavy atom. The Morgan fingerprint density at radius 1 is 1.38 bits per heavy atom. The second-order valence-electron chi connectivity index (χ2n) is 7.55. The molecule has 1 atom stereocenters. The number of hydrogen-bond acceptors (Lipinski definition) is 6. The topological polar surface area (TPSA) is 72.1 Å². The Labute approximate surface area is 177 Å². The second kappa shape index (κ2) is 8.28. The van der Waals surface area contributed by atoms with Crippen molar-refractivity contribution in [3.05, 3.63) is 46.1 Å². The number of carbonyl (C=O) groups is 1. The lowest BCUT2D eigenvalue weighted by molar-refractivity contribution is -0.127. The predicted octanol–water partition coefficient (Wildman–Crippen LogP) is 4.29. The molecule has 1 unspecified atom stereocenters. The normalized spacial score (nSPS) is 16.0. The van der Waals surface area contributed by atoms with Crippen LogP contribution in [0.25, 0.3) is 10.2 Å². The molecule has 1 aliphatic carbocycles. The highest BCUT2D eigenvalue weighted by atomic mass is 32.2. The van der Waals surface area contributed by atoms with Crippen molar-refractivity contribution in [2.75, 3.05) is 18.5 Å². The maximum Gasteiger partial charge on any atom is 0.233 e. The van der Waals surface area contributed by atoms with Crippen LogP contribution in [-0.4, -0.2) is 33.6 Å². The Morgan fingerprint density at radius 2 is 2.17 bits per heavy atom. The molecule has 0 spiro atoms. The average Bonchev–Trinajstić information content (AvgIpc) is 3.05. The third-order valence-electron chi connectivity index (χ3n) is 5.28. The molecule has 152 valence electrons. The molecule has 3 aromatic rings. The summed E-state index contributed by atoms with van der Waals surface area (Å²) in [6.45, 7) is 2.50. The van der Waals surface area contributed by atoms with E-state index in [1.165, 1.54) is 33.2 Å². The molecule has 1 aromatic carbocycles. The Balaban J connectivity index is 1.45. The van der Waals surface area contributed by atoms with Crippen LogP contribution in [0.2, 0.25) is 0 Å². The van der Waals surface area contributed by atoms with Gasteiger partial charge in [0.15, 0.2) is 5.16 Å². The van der Waals surface area contributed by atoms with E-state index in [2.05, 4.69) is 16.9 Å². The molecule has 0 saturated heterocycles. The fourth-order valence-electron chi connectivity index (χ4n) is 3.62. The van der Waals surface area contributed by atoms with Crippen LogP contribution in [0, 0.1) is 11.7 Å². The zero-order chi connectivity index (χ0) is 20.5. The number of fused-ring (bicyclic) bond motifs is 3. The van der Waals surface area contributed by atoms with Gasteiger partial charge in [0.2, 0.25) is 5.91 Å². The molecule has 2 N–H and O–H groups in total. The number of nitrogens with zero attached hydrogens (tertiary/aromatic N) is 3. The lowest BCUT2D eigenvalue weighted by atomic mass is 9.89. The van der Waals surface area contributed by atoms with Crippen molar-refractivity contribution in [3.8, 4) is 0 Å². The van der Waals surface area contributed by atoms with Gasteiger partial charge in [0.1, 0.15) is 16.5 Å². The van der Waals surface area contributed by atoms with E-state index in [9.17, 15) is 9.18 Å². The van der Waals surface area contributed by atoms with Crippen LogP contribution in [0.15, 0.2) is 29.4 Å². The molecule has 29 heavy (non-hydrogen) atoms. The minimum absolute atomic E-state index is 0.111. The van der Waals surface area contributed by atoms with Crippen LogP contribution in [-0.2, 0) is 24.2 Å². The summed E-state index contributed by atoms with van der Waals surface area (Å²) in [4.78, 5) is 25.3. The van der Waals surface area contributed by atoms with Crippen LogP contribution < -0.4 is 5.73 Å². The summed E-state index contributed by atoms with van der Waals surface area (Å²) < 4.78 is 13.8. The van der Waals surface area contributed by atoms with Crippen LogP contribution in [0.1, 0.15) is 29.3 Å². The van der Waals surface area contributed by atoms with E-state index in [-0.39, 0.29) is 24.0 Å². The summed E-state index contributed by atoms with van der Waals surface area (Å²) in [7, 11) is 1.67. The molecule has 1 amide bonds. The van der Waals surface area contributed by atoms with Crippen molar-refractivity contribution in [2.24, 2.45) is 5.92 Å². The summed E-state index contributed by atoms with van der Waals surface area (Å²) in [5, 5.41) is 1.50. The summed E-state index contributed by atoms with van der Waals surface area (Å²) in [5.41, 5.74) is 8.05. The van der Waals surface area contributed by atoms with E-state index in [4.69, 9.17) is 5.73 Å². The number of anilines is 1. The van der Waals surface area contributed by atoms with Gasteiger partial charge in [-0.1, -0.05) is 36.9 Å². The number of thioether (sulfide) groups is 1. The summed E-state index contributed by atoms with van der Waals surface area (Å²) in [5.74, 6) is 0.938. The van der Waals surface area contributed by atoms with Crippen LogP contribution >= 0.6 is 23.1 Å². The third kappa shape index (κ3) is 4.23. The van der Waals surface area contributed by atoms with Gasteiger partial charge in [0.05, 0.1) is 11.1 Å². The van der Waals surface area contributed by atoms with Crippen LogP contribution in [0.5, 0.6) is 0 Å². The van der Waals surface area contributed by atoms with Gasteiger partial charge in [-0.05, 0) is 36.8 Å². The standard InChI is InChI=1S/C21H23FN4OS2/c1-12-7-8-14-16(9-12)29-20-18(14)19(23)24-21(25-20)28-11-17(27)26(2)10-13-5-3-4-6-15(13)22/h3-6,12H,7-11H2,1-2H3,(H2,23,24,25). The molecule has 8 heteroatoms. The lowest BCUT2D eigenvalue weighted by Crippen LogP contribution is -2.28. The summed E-state index contributed by atoms with van der Waals surface area (Å²) >= 11 is 2.96. The Bertz CT molecular complexity index is 1070. The van der Waals surface area contributed by atoms with E-state index >= 15 is 0 Å². The van der Waals surface area contributed by atoms with E-state index in [1.54, 1.807) is 36.6 Å². The molecule has 2 heterocycles. The molecule has 1 aliphatic rings. The molecule has 2 aromatic heterocycles. The molecular weight excluding hydrogens is 407 g/mol. The number of rotatable bonds is 5. The highest BCUT2D eigenvalue weighted by molar-refractivity contribution is 7.99. The first-order valence-electron chi connectivity index (χ1n) is 9.60. The first kappa shape index (κ1) is 20.1. The maximum atomic E-state index is 13.8. The highest BCUT2D eigenvalue weighted by Gasteiger charge is 2.23. The number of amides is 1. The van der Waals surface area contributed by atoms with E-state index in [0.29, 0.717) is 22.5 Å². The van der Waals surface area contributed by atoms with Gasteiger partial charge in [-0.25, -0.2) is 14.4 Å². The molecule has 0 aliphatic heterocycles. The molecule has 0 radical (unpaired) electrons.